The lowest BCUT2D eigenvalue weighted by Gasteiger charge is -2.31. The van der Waals surface area contributed by atoms with Crippen LogP contribution in [0.5, 0.6) is 0 Å². The Morgan fingerprint density at radius 3 is 2.35 bits per heavy atom. The first-order valence-electron chi connectivity index (χ1n) is 17.7. The van der Waals surface area contributed by atoms with E-state index in [0.717, 1.165) is 36.8 Å². The molecule has 0 saturated carbocycles. The van der Waals surface area contributed by atoms with Crippen LogP contribution in [0.4, 0.5) is 11.8 Å². The third-order valence-corrected chi connectivity index (χ3v) is 9.67. The zero-order valence-corrected chi connectivity index (χ0v) is 30.6. The molecule has 2 heterocycles. The predicted molar refractivity (Wildman–Crippen MR) is 203 cm³/mol. The molecule has 4 aromatic rings. The van der Waals surface area contributed by atoms with Crippen molar-refractivity contribution in [2.24, 2.45) is 0 Å². The number of carbonyl (C=O) groups excluding carboxylic acids is 1. The van der Waals surface area contributed by atoms with Gasteiger partial charge in [0.1, 0.15) is 6.04 Å². The van der Waals surface area contributed by atoms with E-state index in [1.54, 1.807) is 12.4 Å². The number of ether oxygens (including phenoxy) is 3. The predicted octanol–water partition coefficient (Wildman–Crippen LogP) is 5.17. The fraction of sp³-hybridized carbons (Fsp3) is 0.459. The van der Waals surface area contributed by atoms with Crippen LogP contribution in [0.3, 0.4) is 0 Å². The summed E-state index contributed by atoms with van der Waals surface area (Å²) in [6.45, 7) is 9.93. The number of benzene rings is 2. The van der Waals surface area contributed by atoms with Crippen LogP contribution in [0, 0.1) is 0 Å². The molecule has 2 aromatic carbocycles. The number of nitrogen functional groups attached to an aromatic ring is 1. The minimum Gasteiger partial charge on any atom is -0.465 e. The molecular weight excluding hydrogens is 667 g/mol. The number of aromatic nitrogens is 4. The molecule has 13 nitrogen and oxygen atoms in total. The molecule has 4 unspecified atom stereocenters. The Kier molecular flexibility index (Phi) is 17.2. The minimum atomic E-state index is -1.41. The number of hydrogen-bond acceptors (Lipinski definition) is 12. The lowest BCUT2D eigenvalue weighted by molar-refractivity contribution is -0.145. The standard InChI is InChI=1S/C37H53N8O5P/c1-4-7-21-49-35(46)30(24-28-15-11-9-12-16-28)43-51(44-31(36(47)50-22-8-5-2)25-29-17-13-10-14-18-29)27-48-23-20-45-26-40-32-33(39-19-6-3)41-37(38)42-34(32)45/h6,9-18,26,30-31,35,43-44,46H,3-5,7-8,19-25,27H2,1-2H3,(H3,38,39,41,42). The molecule has 2 aromatic heterocycles. The fourth-order valence-corrected chi connectivity index (χ4v) is 6.95. The normalized spacial score (nSPS) is 13.8. The molecule has 6 N–H and O–H groups in total. The molecular formula is C37H53N8O5P. The van der Waals surface area contributed by atoms with Gasteiger partial charge in [-0.05, 0) is 36.8 Å². The van der Waals surface area contributed by atoms with Gasteiger partial charge in [0.05, 0.1) is 40.2 Å². The average molecular weight is 721 g/mol. The summed E-state index contributed by atoms with van der Waals surface area (Å²) in [6, 6.07) is 18.7. The largest absolute Gasteiger partial charge is 0.465 e. The third kappa shape index (κ3) is 13.3. The summed E-state index contributed by atoms with van der Waals surface area (Å²) >= 11 is 0. The van der Waals surface area contributed by atoms with Crippen LogP contribution in [0.15, 0.2) is 79.6 Å². The molecule has 0 radical (unpaired) electrons. The number of carbonyl (C=O) groups is 1. The number of unbranched alkanes of at least 4 members (excludes halogenated alkanes) is 2. The third-order valence-electron chi connectivity index (χ3n) is 7.96. The van der Waals surface area contributed by atoms with Gasteiger partial charge in [0, 0.05) is 19.7 Å². The van der Waals surface area contributed by atoms with E-state index in [1.165, 1.54) is 0 Å². The second kappa shape index (κ2) is 22.1. The Bertz CT molecular complexity index is 1600. The number of fused-ring (bicyclic) bond motifs is 1. The Hall–Kier alpha value is -3.97. The number of imidazole rings is 1. The van der Waals surface area contributed by atoms with Gasteiger partial charge in [-0.2, -0.15) is 9.97 Å². The van der Waals surface area contributed by atoms with Gasteiger partial charge in [0.15, 0.2) is 23.3 Å². The van der Waals surface area contributed by atoms with Crippen molar-refractivity contribution >= 4 is 37.1 Å². The van der Waals surface area contributed by atoms with Crippen molar-refractivity contribution < 1.29 is 24.1 Å². The first kappa shape index (κ1) is 39.8. The quantitative estimate of drug-likeness (QED) is 0.0200. The van der Waals surface area contributed by atoms with Gasteiger partial charge >= 0.3 is 5.97 Å². The highest BCUT2D eigenvalue weighted by Gasteiger charge is 2.29. The molecule has 0 aliphatic heterocycles. The van der Waals surface area contributed by atoms with Gasteiger partial charge in [0.2, 0.25) is 5.95 Å². The fourth-order valence-electron chi connectivity index (χ4n) is 5.23. The Labute approximate surface area is 302 Å². The number of nitrogens with two attached hydrogens (primary N) is 1. The molecule has 0 bridgehead atoms. The molecule has 0 aliphatic carbocycles. The zero-order valence-electron chi connectivity index (χ0n) is 29.7. The average Bonchev–Trinajstić information content (AvgIpc) is 3.55. The van der Waals surface area contributed by atoms with E-state index >= 15 is 0 Å². The number of hydrogen-bond donors (Lipinski definition) is 5. The molecule has 14 heteroatoms. The van der Waals surface area contributed by atoms with E-state index in [2.05, 4.69) is 50.9 Å². The summed E-state index contributed by atoms with van der Waals surface area (Å²) in [5, 5.41) is 21.6. The second-order valence-electron chi connectivity index (χ2n) is 12.1. The van der Waals surface area contributed by atoms with Crippen molar-refractivity contribution in [2.75, 3.05) is 43.8 Å². The molecule has 0 fully saturated rings. The van der Waals surface area contributed by atoms with E-state index in [0.29, 0.717) is 62.7 Å². The topological polar surface area (TPSA) is 171 Å². The molecule has 0 spiro atoms. The van der Waals surface area contributed by atoms with Gasteiger partial charge in [-0.25, -0.2) is 4.98 Å². The van der Waals surface area contributed by atoms with E-state index in [9.17, 15) is 9.90 Å². The number of aliphatic hydroxyl groups excluding tert-OH is 1. The number of aliphatic hydroxyl groups is 1. The molecule has 276 valence electrons. The first-order valence-corrected chi connectivity index (χ1v) is 19.2. The van der Waals surface area contributed by atoms with Crippen LogP contribution in [-0.4, -0.2) is 81.7 Å². The molecule has 0 aliphatic rings. The Morgan fingerprint density at radius 1 is 0.980 bits per heavy atom. The maximum Gasteiger partial charge on any atom is 0.323 e. The number of rotatable bonds is 25. The van der Waals surface area contributed by atoms with Crippen LogP contribution in [-0.2, 0) is 38.4 Å². The number of nitrogens with one attached hydrogen (secondary N) is 3. The minimum absolute atomic E-state index is 0.133. The van der Waals surface area contributed by atoms with Gasteiger partial charge in [-0.15, -0.1) is 6.58 Å². The Balaban J connectivity index is 1.54. The summed E-state index contributed by atoms with van der Waals surface area (Å²) in [6.07, 6.45) is 6.97. The number of nitrogens with zero attached hydrogens (tertiary/aromatic N) is 4. The Morgan fingerprint density at radius 2 is 1.67 bits per heavy atom. The maximum atomic E-state index is 13.5. The van der Waals surface area contributed by atoms with Crippen molar-refractivity contribution in [1.29, 1.82) is 0 Å². The smallest absolute Gasteiger partial charge is 0.323 e. The van der Waals surface area contributed by atoms with Crippen molar-refractivity contribution in [1.82, 2.24) is 29.7 Å². The van der Waals surface area contributed by atoms with Crippen LogP contribution < -0.4 is 21.2 Å². The van der Waals surface area contributed by atoms with E-state index < -0.39 is 26.6 Å². The zero-order chi connectivity index (χ0) is 36.3. The van der Waals surface area contributed by atoms with Gasteiger partial charge < -0.3 is 34.9 Å². The van der Waals surface area contributed by atoms with Crippen molar-refractivity contribution in [3.63, 3.8) is 0 Å². The molecule has 0 amide bonds. The van der Waals surface area contributed by atoms with Crippen LogP contribution >= 0.6 is 8.22 Å². The van der Waals surface area contributed by atoms with Crippen molar-refractivity contribution in [3.8, 4) is 0 Å². The highest BCUT2D eigenvalue weighted by molar-refractivity contribution is 7.53. The SMILES string of the molecule is C=CCNc1nc(N)nc2c1ncn2CCOCP(NC(Cc1ccccc1)C(=O)OCCCC)NC(Cc1ccccc1)C(O)OCCCC. The lowest BCUT2D eigenvalue weighted by Crippen LogP contribution is -2.46. The molecule has 4 rings (SSSR count). The van der Waals surface area contributed by atoms with Crippen LogP contribution in [0.25, 0.3) is 11.2 Å². The number of anilines is 2. The monoisotopic (exact) mass is 720 g/mol. The van der Waals surface area contributed by atoms with Crippen molar-refractivity contribution in [2.45, 2.75) is 77.3 Å². The van der Waals surface area contributed by atoms with Gasteiger partial charge in [-0.1, -0.05) is 93.4 Å². The summed E-state index contributed by atoms with van der Waals surface area (Å²) in [5.74, 6) is 0.338. The maximum absolute atomic E-state index is 13.5. The van der Waals surface area contributed by atoms with Gasteiger partial charge in [-0.3, -0.25) is 15.0 Å². The summed E-state index contributed by atoms with van der Waals surface area (Å²) in [4.78, 5) is 26.7. The van der Waals surface area contributed by atoms with Gasteiger partial charge in [0.25, 0.3) is 0 Å². The molecule has 51 heavy (non-hydrogen) atoms. The van der Waals surface area contributed by atoms with E-state index in [1.807, 2.05) is 65.2 Å². The molecule has 0 saturated heterocycles. The summed E-state index contributed by atoms with van der Waals surface area (Å²) in [5.41, 5.74) is 9.23. The van der Waals surface area contributed by atoms with Crippen molar-refractivity contribution in [3.05, 3.63) is 90.8 Å². The number of esters is 1. The highest BCUT2D eigenvalue weighted by atomic mass is 31.1. The summed E-state index contributed by atoms with van der Waals surface area (Å²) in [7, 11) is -1.41. The molecule has 4 atom stereocenters. The van der Waals surface area contributed by atoms with E-state index in [4.69, 9.17) is 19.9 Å². The van der Waals surface area contributed by atoms with Crippen LogP contribution in [0.1, 0.15) is 50.7 Å². The highest BCUT2D eigenvalue weighted by Crippen LogP contribution is 2.30. The second-order valence-corrected chi connectivity index (χ2v) is 13.7. The van der Waals surface area contributed by atoms with E-state index in [-0.39, 0.29) is 18.3 Å². The van der Waals surface area contributed by atoms with Crippen LogP contribution in [0.2, 0.25) is 0 Å². The summed E-state index contributed by atoms with van der Waals surface area (Å²) < 4.78 is 19.7. The lowest BCUT2D eigenvalue weighted by atomic mass is 10.1. The first-order chi connectivity index (χ1) is 24.9.